The van der Waals surface area contributed by atoms with Gasteiger partial charge < -0.3 is 25.2 Å². The molecule has 2 rings (SSSR count). The van der Waals surface area contributed by atoms with Gasteiger partial charge in [0, 0.05) is 20.0 Å². The van der Waals surface area contributed by atoms with E-state index in [0.29, 0.717) is 32.4 Å². The highest BCUT2D eigenvalue weighted by Gasteiger charge is 2.39. The number of nitrogens with one attached hydrogen (secondary N) is 2. The Bertz CT molecular complexity index is 769. The van der Waals surface area contributed by atoms with Crippen LogP contribution < -0.4 is 10.6 Å². The molecule has 0 aromatic heterocycles. The molecule has 0 aliphatic carbocycles. The first-order valence-corrected chi connectivity index (χ1v) is 10.4. The van der Waals surface area contributed by atoms with E-state index < -0.39 is 53.6 Å². The summed E-state index contributed by atoms with van der Waals surface area (Å²) in [5.41, 5.74) is 0. The summed E-state index contributed by atoms with van der Waals surface area (Å²) in [5.74, 6) is -3.51. The van der Waals surface area contributed by atoms with E-state index in [4.69, 9.17) is 0 Å². The Kier molecular flexibility index (Phi) is 8.12. The van der Waals surface area contributed by atoms with Crippen LogP contribution in [0.3, 0.4) is 0 Å². The second-order valence-corrected chi connectivity index (χ2v) is 7.88. The molecule has 0 bridgehead atoms. The number of hydrogen-bond donors (Lipinski definition) is 2. The third-order valence-corrected chi connectivity index (χ3v) is 5.67. The summed E-state index contributed by atoms with van der Waals surface area (Å²) in [6, 6.07) is -3.38. The number of amides is 4. The van der Waals surface area contributed by atoms with E-state index in [9.17, 15) is 28.8 Å². The maximum Gasteiger partial charge on any atom is 0.376 e. The van der Waals surface area contributed by atoms with Gasteiger partial charge in [-0.15, -0.1) is 0 Å². The van der Waals surface area contributed by atoms with E-state index in [1.807, 2.05) is 0 Å². The lowest BCUT2D eigenvalue weighted by Gasteiger charge is -2.29. The predicted octanol–water partition coefficient (Wildman–Crippen LogP) is -1.26. The second-order valence-electron chi connectivity index (χ2n) is 7.88. The molecule has 31 heavy (non-hydrogen) atoms. The van der Waals surface area contributed by atoms with Crippen molar-refractivity contribution < 1.29 is 33.5 Å². The molecule has 172 valence electrons. The zero-order valence-corrected chi connectivity index (χ0v) is 18.3. The molecule has 1 unspecified atom stereocenters. The van der Waals surface area contributed by atoms with Crippen LogP contribution in [0, 0.1) is 0 Å². The Balaban J connectivity index is 1.97. The number of nitrogens with zero attached hydrogens (tertiary/aromatic N) is 2. The zero-order valence-electron chi connectivity index (χ0n) is 18.3. The fraction of sp³-hybridized carbons (Fsp3) is 0.700. The summed E-state index contributed by atoms with van der Waals surface area (Å²) in [6.45, 7) is 5.14. The fourth-order valence-electron chi connectivity index (χ4n) is 3.99. The lowest BCUT2D eigenvalue weighted by atomic mass is 10.1. The number of rotatable bonds is 7. The number of carbonyl (C=O) groups is 6. The van der Waals surface area contributed by atoms with Gasteiger partial charge in [-0.05, 0) is 39.5 Å². The molecular formula is C20H30N4O7. The molecule has 0 saturated carbocycles. The van der Waals surface area contributed by atoms with Gasteiger partial charge in [-0.3, -0.25) is 24.0 Å². The van der Waals surface area contributed by atoms with Gasteiger partial charge in [0.15, 0.2) is 0 Å². The predicted molar refractivity (Wildman–Crippen MR) is 107 cm³/mol. The van der Waals surface area contributed by atoms with E-state index in [0.717, 1.165) is 13.5 Å². The van der Waals surface area contributed by atoms with Crippen molar-refractivity contribution in [2.45, 2.75) is 70.6 Å². The fourth-order valence-corrected chi connectivity index (χ4v) is 3.99. The molecule has 2 saturated heterocycles. The van der Waals surface area contributed by atoms with Gasteiger partial charge in [0.05, 0.1) is 13.2 Å². The van der Waals surface area contributed by atoms with Crippen LogP contribution in [0.1, 0.15) is 46.5 Å². The van der Waals surface area contributed by atoms with Crippen LogP contribution in [-0.2, 0) is 33.5 Å². The van der Waals surface area contributed by atoms with E-state index in [1.165, 1.54) is 30.6 Å². The van der Waals surface area contributed by atoms with Crippen LogP contribution in [-0.4, -0.2) is 89.5 Å². The van der Waals surface area contributed by atoms with Crippen molar-refractivity contribution in [1.29, 1.82) is 0 Å². The summed E-state index contributed by atoms with van der Waals surface area (Å²) in [6.07, 6.45) is 2.24. The van der Waals surface area contributed by atoms with E-state index in [1.54, 1.807) is 0 Å². The Labute approximate surface area is 180 Å². The molecule has 11 nitrogen and oxygen atoms in total. The Hall–Kier alpha value is -2.98. The third kappa shape index (κ3) is 5.59. The number of methoxy groups -OCH3 is 1. The minimum atomic E-state index is -1.09. The first kappa shape index (κ1) is 24.3. The maximum atomic E-state index is 12.9. The Morgan fingerprint density at radius 2 is 1.32 bits per heavy atom. The molecule has 0 radical (unpaired) electrons. The van der Waals surface area contributed by atoms with Gasteiger partial charge in [0.25, 0.3) is 5.78 Å². The standard InChI is InChI=1S/C20H30N4O7/c1-11(16(26)20(30)31-4)21-18(28)15-8-6-10-24(15)19(29)12(2)22-17(27)14-7-5-9-23(14)13(3)25/h11-12,14-15H,5-10H2,1-4H3,(H,21,28)(H,22,27)/t11?,12-,14-,15-/m0/s1. The molecule has 4 atom stereocenters. The number of ketones is 1. The first-order chi connectivity index (χ1) is 14.6. The molecule has 2 heterocycles. The van der Waals surface area contributed by atoms with Crippen molar-refractivity contribution in [1.82, 2.24) is 20.4 Å². The summed E-state index contributed by atoms with van der Waals surface area (Å²) >= 11 is 0. The normalized spacial score (nSPS) is 22.5. The SMILES string of the molecule is COC(=O)C(=O)C(C)NC(=O)[C@@H]1CCCN1C(=O)[C@H](C)NC(=O)[C@@H]1CCCN1C(C)=O. The molecule has 0 aromatic rings. The van der Waals surface area contributed by atoms with Crippen molar-refractivity contribution in [3.8, 4) is 0 Å². The minimum Gasteiger partial charge on any atom is -0.463 e. The van der Waals surface area contributed by atoms with Crippen molar-refractivity contribution in [3.05, 3.63) is 0 Å². The number of ether oxygens (including phenoxy) is 1. The summed E-state index contributed by atoms with van der Waals surface area (Å²) in [7, 11) is 1.07. The molecule has 2 N–H and O–H groups in total. The number of esters is 1. The highest BCUT2D eigenvalue weighted by molar-refractivity contribution is 6.35. The van der Waals surface area contributed by atoms with Crippen LogP contribution >= 0.6 is 0 Å². The van der Waals surface area contributed by atoms with Crippen LogP contribution in [0.2, 0.25) is 0 Å². The van der Waals surface area contributed by atoms with E-state index >= 15 is 0 Å². The minimum absolute atomic E-state index is 0.191. The second kappa shape index (κ2) is 10.4. The quantitative estimate of drug-likeness (QED) is 0.373. The van der Waals surface area contributed by atoms with Crippen LogP contribution in [0.15, 0.2) is 0 Å². The first-order valence-electron chi connectivity index (χ1n) is 10.4. The van der Waals surface area contributed by atoms with Gasteiger partial charge in [-0.25, -0.2) is 4.79 Å². The van der Waals surface area contributed by atoms with Gasteiger partial charge >= 0.3 is 5.97 Å². The lowest BCUT2D eigenvalue weighted by Crippen LogP contribution is -2.56. The van der Waals surface area contributed by atoms with Gasteiger partial charge in [-0.1, -0.05) is 0 Å². The van der Waals surface area contributed by atoms with Crippen molar-refractivity contribution in [2.75, 3.05) is 20.2 Å². The number of carbonyl (C=O) groups excluding carboxylic acids is 6. The summed E-state index contributed by atoms with van der Waals surface area (Å²) < 4.78 is 4.36. The van der Waals surface area contributed by atoms with Gasteiger partial charge in [-0.2, -0.15) is 0 Å². The largest absolute Gasteiger partial charge is 0.463 e. The highest BCUT2D eigenvalue weighted by atomic mass is 16.5. The average Bonchev–Trinajstić information content (AvgIpc) is 3.41. The molecular weight excluding hydrogens is 408 g/mol. The Morgan fingerprint density at radius 1 is 0.839 bits per heavy atom. The summed E-state index contributed by atoms with van der Waals surface area (Å²) in [4.78, 5) is 75.8. The molecule has 2 fully saturated rings. The topological polar surface area (TPSA) is 142 Å². The lowest BCUT2D eigenvalue weighted by molar-refractivity contribution is -0.153. The average molecular weight is 438 g/mol. The van der Waals surface area contributed by atoms with Gasteiger partial charge in [0.1, 0.15) is 18.1 Å². The van der Waals surface area contributed by atoms with Crippen molar-refractivity contribution >= 4 is 35.4 Å². The summed E-state index contributed by atoms with van der Waals surface area (Å²) in [5, 5.41) is 5.10. The number of Topliss-reactive ketones (excluding diaryl/α,β-unsaturated/α-hetero) is 1. The third-order valence-electron chi connectivity index (χ3n) is 5.67. The van der Waals surface area contributed by atoms with Crippen LogP contribution in [0.5, 0.6) is 0 Å². The monoisotopic (exact) mass is 438 g/mol. The van der Waals surface area contributed by atoms with Crippen LogP contribution in [0.25, 0.3) is 0 Å². The highest BCUT2D eigenvalue weighted by Crippen LogP contribution is 2.20. The number of hydrogen-bond acceptors (Lipinski definition) is 7. The van der Waals surface area contributed by atoms with Crippen molar-refractivity contribution in [3.63, 3.8) is 0 Å². The molecule has 0 spiro atoms. The smallest absolute Gasteiger partial charge is 0.376 e. The molecule has 0 aromatic carbocycles. The van der Waals surface area contributed by atoms with E-state index in [-0.39, 0.29) is 5.91 Å². The van der Waals surface area contributed by atoms with E-state index in [2.05, 4.69) is 15.4 Å². The molecule has 2 aliphatic rings. The molecule has 11 heteroatoms. The molecule has 4 amide bonds. The van der Waals surface area contributed by atoms with Gasteiger partial charge in [0.2, 0.25) is 23.6 Å². The maximum absolute atomic E-state index is 12.9. The number of likely N-dealkylation sites (tertiary alicyclic amines) is 2. The Morgan fingerprint density at radius 3 is 1.84 bits per heavy atom. The van der Waals surface area contributed by atoms with Crippen LogP contribution in [0.4, 0.5) is 0 Å². The van der Waals surface area contributed by atoms with Crippen molar-refractivity contribution in [2.24, 2.45) is 0 Å². The zero-order chi connectivity index (χ0) is 23.3. The molecule has 2 aliphatic heterocycles.